The third kappa shape index (κ3) is 5.56. The molecule has 0 unspecified atom stereocenters. The van der Waals surface area contributed by atoms with E-state index >= 15 is 0 Å². The Morgan fingerprint density at radius 1 is 1.26 bits per heavy atom. The predicted octanol–water partition coefficient (Wildman–Crippen LogP) is 3.37. The van der Waals surface area contributed by atoms with Crippen LogP contribution in [0.15, 0.2) is 24.4 Å². The van der Waals surface area contributed by atoms with Crippen molar-refractivity contribution in [3.8, 4) is 0 Å². The van der Waals surface area contributed by atoms with Crippen LogP contribution in [0.5, 0.6) is 0 Å². The van der Waals surface area contributed by atoms with E-state index in [2.05, 4.69) is 15.2 Å². The molecule has 1 aliphatic carbocycles. The Morgan fingerprint density at radius 2 is 1.87 bits per heavy atom. The SMILES string of the molecule is CC1(O)CC(NC(=O)c2cnc3cc(N4CCC4)c(Cl)cc3c2)C1.O=C(O)C(F)(F)F. The zero-order chi connectivity index (χ0) is 23.0. The largest absolute Gasteiger partial charge is 0.490 e. The number of aliphatic carboxylic acids is 1. The van der Waals surface area contributed by atoms with Gasteiger partial charge in [0.15, 0.2) is 0 Å². The molecule has 168 valence electrons. The third-order valence-electron chi connectivity index (χ3n) is 5.16. The van der Waals surface area contributed by atoms with E-state index < -0.39 is 17.7 Å². The van der Waals surface area contributed by atoms with Crippen LogP contribution in [0.2, 0.25) is 5.02 Å². The lowest BCUT2D eigenvalue weighted by Crippen LogP contribution is -2.53. The highest BCUT2D eigenvalue weighted by atomic mass is 35.5. The molecule has 2 heterocycles. The van der Waals surface area contributed by atoms with Crippen molar-refractivity contribution in [2.45, 2.75) is 44.0 Å². The summed E-state index contributed by atoms with van der Waals surface area (Å²) in [7, 11) is 0. The van der Waals surface area contributed by atoms with Gasteiger partial charge in [-0.25, -0.2) is 4.79 Å². The molecule has 2 fully saturated rings. The molecular formula is C20H21ClF3N3O4. The highest BCUT2D eigenvalue weighted by Gasteiger charge is 2.39. The first kappa shape index (κ1) is 23.1. The van der Waals surface area contributed by atoms with Crippen molar-refractivity contribution in [1.82, 2.24) is 10.3 Å². The Bertz CT molecular complexity index is 1000. The monoisotopic (exact) mass is 459 g/mol. The van der Waals surface area contributed by atoms with Crippen molar-refractivity contribution in [3.05, 3.63) is 35.0 Å². The molecule has 11 heteroatoms. The van der Waals surface area contributed by atoms with Crippen molar-refractivity contribution in [2.75, 3.05) is 18.0 Å². The maximum absolute atomic E-state index is 12.3. The molecule has 1 amide bonds. The summed E-state index contributed by atoms with van der Waals surface area (Å²) in [5.41, 5.74) is 1.71. The van der Waals surface area contributed by atoms with E-state index in [0.717, 1.165) is 29.7 Å². The van der Waals surface area contributed by atoms with E-state index in [0.29, 0.717) is 23.4 Å². The number of alkyl halides is 3. The summed E-state index contributed by atoms with van der Waals surface area (Å²) in [5, 5.41) is 21.4. The molecule has 1 saturated carbocycles. The van der Waals surface area contributed by atoms with Crippen molar-refractivity contribution in [1.29, 1.82) is 0 Å². The van der Waals surface area contributed by atoms with Crippen LogP contribution >= 0.6 is 11.6 Å². The molecule has 1 saturated heterocycles. The van der Waals surface area contributed by atoms with Gasteiger partial charge in [-0.3, -0.25) is 9.78 Å². The van der Waals surface area contributed by atoms with E-state index in [1.54, 1.807) is 13.1 Å². The number of benzene rings is 1. The van der Waals surface area contributed by atoms with E-state index in [4.69, 9.17) is 21.5 Å². The molecule has 0 spiro atoms. The number of nitrogens with zero attached hydrogens (tertiary/aromatic N) is 2. The van der Waals surface area contributed by atoms with Crippen molar-refractivity contribution < 1.29 is 33.0 Å². The fourth-order valence-corrected chi connectivity index (χ4v) is 3.73. The average molecular weight is 460 g/mol. The zero-order valence-electron chi connectivity index (χ0n) is 16.5. The molecule has 3 N–H and O–H groups in total. The number of hydrogen-bond donors (Lipinski definition) is 3. The van der Waals surface area contributed by atoms with E-state index in [9.17, 15) is 23.1 Å². The summed E-state index contributed by atoms with van der Waals surface area (Å²) in [5.74, 6) is -2.92. The lowest BCUT2D eigenvalue weighted by atomic mass is 9.77. The number of hydrogen-bond acceptors (Lipinski definition) is 5. The molecule has 31 heavy (non-hydrogen) atoms. The van der Waals surface area contributed by atoms with E-state index in [-0.39, 0.29) is 11.9 Å². The van der Waals surface area contributed by atoms with Crippen molar-refractivity contribution >= 4 is 40.1 Å². The maximum Gasteiger partial charge on any atom is 0.490 e. The van der Waals surface area contributed by atoms with Gasteiger partial charge in [0.05, 0.1) is 27.4 Å². The summed E-state index contributed by atoms with van der Waals surface area (Å²) in [4.78, 5) is 27.9. The summed E-state index contributed by atoms with van der Waals surface area (Å²) in [6, 6.07) is 5.71. The van der Waals surface area contributed by atoms with Gasteiger partial charge in [0.2, 0.25) is 0 Å². The number of amides is 1. The number of halogens is 4. The fourth-order valence-electron chi connectivity index (χ4n) is 3.43. The van der Waals surface area contributed by atoms with Gasteiger partial charge in [0, 0.05) is 30.7 Å². The zero-order valence-corrected chi connectivity index (χ0v) is 17.3. The highest BCUT2D eigenvalue weighted by Crippen LogP contribution is 2.34. The summed E-state index contributed by atoms with van der Waals surface area (Å²) < 4.78 is 31.7. The quantitative estimate of drug-likeness (QED) is 0.650. The topological polar surface area (TPSA) is 103 Å². The van der Waals surface area contributed by atoms with Crippen LogP contribution in [0.1, 0.15) is 36.5 Å². The number of carboxylic acid groups (broad SMARTS) is 1. The second-order valence-electron chi connectivity index (χ2n) is 7.94. The lowest BCUT2D eigenvalue weighted by Gasteiger charge is -2.41. The number of carbonyl (C=O) groups excluding carboxylic acids is 1. The van der Waals surface area contributed by atoms with Crippen molar-refractivity contribution in [2.24, 2.45) is 0 Å². The Balaban J connectivity index is 0.000000339. The number of rotatable bonds is 3. The molecule has 4 rings (SSSR count). The predicted molar refractivity (Wildman–Crippen MR) is 108 cm³/mol. The molecule has 1 aliphatic heterocycles. The second-order valence-corrected chi connectivity index (χ2v) is 8.35. The Hall–Kier alpha value is -2.59. The minimum Gasteiger partial charge on any atom is -0.475 e. The molecule has 2 aliphatic rings. The number of carboxylic acids is 1. The number of fused-ring (bicyclic) bond motifs is 1. The van der Waals surface area contributed by atoms with Gasteiger partial charge in [-0.05, 0) is 44.4 Å². The molecule has 2 aromatic rings. The van der Waals surface area contributed by atoms with Gasteiger partial charge in [-0.1, -0.05) is 11.6 Å². The van der Waals surface area contributed by atoms with Gasteiger partial charge in [0.25, 0.3) is 5.91 Å². The van der Waals surface area contributed by atoms with Crippen LogP contribution in [0.3, 0.4) is 0 Å². The summed E-state index contributed by atoms with van der Waals surface area (Å²) in [6.07, 6.45) is -1.12. The van der Waals surface area contributed by atoms with Gasteiger partial charge in [-0.15, -0.1) is 0 Å². The van der Waals surface area contributed by atoms with Crippen LogP contribution in [0.4, 0.5) is 18.9 Å². The average Bonchev–Trinajstić information content (AvgIpc) is 2.58. The van der Waals surface area contributed by atoms with E-state index in [1.807, 2.05) is 18.2 Å². The number of carbonyl (C=O) groups is 2. The molecule has 1 aromatic carbocycles. The molecule has 7 nitrogen and oxygen atoms in total. The number of aliphatic hydroxyl groups is 1. The third-order valence-corrected chi connectivity index (χ3v) is 5.46. The Labute approximate surface area is 180 Å². The van der Waals surface area contributed by atoms with Crippen molar-refractivity contribution in [3.63, 3.8) is 0 Å². The van der Waals surface area contributed by atoms with Gasteiger partial charge in [0.1, 0.15) is 0 Å². The minimum absolute atomic E-state index is 0.0283. The smallest absolute Gasteiger partial charge is 0.475 e. The minimum atomic E-state index is -5.08. The van der Waals surface area contributed by atoms with Gasteiger partial charge >= 0.3 is 12.1 Å². The summed E-state index contributed by atoms with van der Waals surface area (Å²) >= 11 is 6.39. The normalized spacial score (nSPS) is 22.6. The molecule has 0 radical (unpaired) electrons. The maximum atomic E-state index is 12.3. The van der Waals surface area contributed by atoms with Crippen LogP contribution in [0.25, 0.3) is 10.9 Å². The molecule has 1 aromatic heterocycles. The summed E-state index contributed by atoms with van der Waals surface area (Å²) in [6.45, 7) is 3.83. The molecule has 0 atom stereocenters. The standard InChI is InChI=1S/C18H20ClN3O2.C2HF3O2/c1-18(24)8-13(9-18)21-17(23)12-5-11-6-14(19)16(22-3-2-4-22)7-15(11)20-10-12;3-2(4,5)1(6)7/h5-7,10,13,24H,2-4,8-9H2,1H3,(H,21,23);(H,6,7). The first-order valence-corrected chi connectivity index (χ1v) is 9.91. The first-order valence-electron chi connectivity index (χ1n) is 9.53. The van der Waals surface area contributed by atoms with Gasteiger partial charge in [-0.2, -0.15) is 13.2 Å². The number of pyridine rings is 1. The first-order chi connectivity index (χ1) is 14.4. The number of anilines is 1. The molecule has 0 bridgehead atoms. The Kier molecular flexibility index (Phi) is 6.33. The van der Waals surface area contributed by atoms with Crippen LogP contribution in [0, 0.1) is 0 Å². The highest BCUT2D eigenvalue weighted by molar-refractivity contribution is 6.34. The number of nitrogens with one attached hydrogen (secondary N) is 1. The van der Waals surface area contributed by atoms with E-state index in [1.165, 1.54) is 6.42 Å². The second kappa shape index (κ2) is 8.51. The Morgan fingerprint density at radius 3 is 2.35 bits per heavy atom. The lowest BCUT2D eigenvalue weighted by molar-refractivity contribution is -0.192. The van der Waals surface area contributed by atoms with Crippen LogP contribution < -0.4 is 10.2 Å². The number of aromatic nitrogens is 1. The van der Waals surface area contributed by atoms with Crippen LogP contribution in [-0.2, 0) is 4.79 Å². The van der Waals surface area contributed by atoms with Crippen LogP contribution in [-0.4, -0.2) is 58.0 Å². The van der Waals surface area contributed by atoms with Gasteiger partial charge < -0.3 is 20.4 Å². The molecular weight excluding hydrogens is 439 g/mol. The fraction of sp³-hybridized carbons (Fsp3) is 0.450.